The second-order valence-corrected chi connectivity index (χ2v) is 6.10. The first-order chi connectivity index (χ1) is 12.2. The van der Waals surface area contributed by atoms with E-state index in [1.165, 1.54) is 0 Å². The van der Waals surface area contributed by atoms with Crippen LogP contribution in [0, 0.1) is 0 Å². The highest BCUT2D eigenvalue weighted by molar-refractivity contribution is 5.92. The molecule has 0 aliphatic rings. The molecule has 6 nitrogen and oxygen atoms in total. The second kappa shape index (κ2) is 9.71. The fraction of sp³-hybridized carbons (Fsp3) is 0.474. The number of hydrogen-bond acceptors (Lipinski definition) is 5. The minimum Gasteiger partial charge on any atom is -0.355 e. The molecule has 0 fully saturated rings. The topological polar surface area (TPSA) is 62.2 Å². The predicted octanol–water partition coefficient (Wildman–Crippen LogP) is 2.81. The number of amides is 1. The Bertz CT molecular complexity index is 639. The summed E-state index contributed by atoms with van der Waals surface area (Å²) in [5.74, 6) is 0.727. The van der Waals surface area contributed by atoms with Gasteiger partial charge in [0.15, 0.2) is 11.5 Å². The first kappa shape index (κ1) is 18.8. The maximum absolute atomic E-state index is 12.5. The molecule has 2 aromatic heterocycles. The van der Waals surface area contributed by atoms with E-state index >= 15 is 0 Å². The van der Waals surface area contributed by atoms with Crippen LogP contribution in [-0.4, -0.2) is 52.7 Å². The van der Waals surface area contributed by atoms with Crippen LogP contribution in [0.5, 0.6) is 0 Å². The minimum absolute atomic E-state index is 0.106. The molecule has 2 rings (SSSR count). The monoisotopic (exact) mass is 341 g/mol. The molecule has 0 aliphatic heterocycles. The number of pyridine rings is 1. The van der Waals surface area contributed by atoms with E-state index < -0.39 is 0 Å². The highest BCUT2D eigenvalue weighted by Gasteiger charge is 2.15. The Balaban J connectivity index is 1.96. The van der Waals surface area contributed by atoms with Gasteiger partial charge in [0.1, 0.15) is 0 Å². The molecule has 0 radical (unpaired) electrons. The van der Waals surface area contributed by atoms with Gasteiger partial charge in [-0.1, -0.05) is 13.8 Å². The molecular weight excluding hydrogens is 314 g/mol. The summed E-state index contributed by atoms with van der Waals surface area (Å²) in [4.78, 5) is 20.4. The van der Waals surface area contributed by atoms with Crippen LogP contribution in [0.4, 0.5) is 5.82 Å². The van der Waals surface area contributed by atoms with Gasteiger partial charge in [-0.3, -0.25) is 9.78 Å². The lowest BCUT2D eigenvalue weighted by molar-refractivity contribution is 0.0789. The summed E-state index contributed by atoms with van der Waals surface area (Å²) < 4.78 is 0. The van der Waals surface area contributed by atoms with Crippen LogP contribution < -0.4 is 4.90 Å². The molecular formula is C19H27N5O. The van der Waals surface area contributed by atoms with E-state index in [-0.39, 0.29) is 5.91 Å². The van der Waals surface area contributed by atoms with E-state index in [1.54, 1.807) is 30.4 Å². The van der Waals surface area contributed by atoms with E-state index in [2.05, 4.69) is 33.9 Å². The zero-order valence-electron chi connectivity index (χ0n) is 15.4. The molecule has 0 spiro atoms. The highest BCUT2D eigenvalue weighted by Crippen LogP contribution is 2.12. The predicted molar refractivity (Wildman–Crippen MR) is 99.7 cm³/mol. The van der Waals surface area contributed by atoms with Crippen molar-refractivity contribution in [3.8, 4) is 0 Å². The summed E-state index contributed by atoms with van der Waals surface area (Å²) in [7, 11) is 1.79. The van der Waals surface area contributed by atoms with Gasteiger partial charge in [-0.2, -0.15) is 0 Å². The molecule has 0 aliphatic carbocycles. The summed E-state index contributed by atoms with van der Waals surface area (Å²) in [6, 6.07) is 7.58. The van der Waals surface area contributed by atoms with Crippen LogP contribution in [0.3, 0.4) is 0 Å². The average Bonchev–Trinajstić information content (AvgIpc) is 2.66. The maximum Gasteiger partial charge on any atom is 0.274 e. The average molecular weight is 341 g/mol. The Labute approximate surface area is 149 Å². The molecule has 0 saturated heterocycles. The number of rotatable bonds is 9. The summed E-state index contributed by atoms with van der Waals surface area (Å²) in [6.07, 6.45) is 6.43. The van der Waals surface area contributed by atoms with Crippen molar-refractivity contribution in [2.75, 3.05) is 31.6 Å². The summed E-state index contributed by atoms with van der Waals surface area (Å²) in [5.41, 5.74) is 1.54. The van der Waals surface area contributed by atoms with E-state index in [0.717, 1.165) is 43.7 Å². The Morgan fingerprint density at radius 3 is 2.20 bits per heavy atom. The Kier molecular flexibility index (Phi) is 7.32. The Morgan fingerprint density at radius 2 is 1.64 bits per heavy atom. The van der Waals surface area contributed by atoms with Gasteiger partial charge < -0.3 is 9.80 Å². The van der Waals surface area contributed by atoms with Gasteiger partial charge in [0, 0.05) is 39.1 Å². The Hall–Kier alpha value is -2.50. The lowest BCUT2D eigenvalue weighted by Gasteiger charge is -2.22. The van der Waals surface area contributed by atoms with Crippen molar-refractivity contribution in [1.82, 2.24) is 20.1 Å². The largest absolute Gasteiger partial charge is 0.355 e. The molecule has 2 aromatic rings. The third kappa shape index (κ3) is 5.52. The van der Waals surface area contributed by atoms with E-state index in [1.807, 2.05) is 18.2 Å². The molecule has 0 N–H and O–H groups in total. The number of anilines is 1. The summed E-state index contributed by atoms with van der Waals surface area (Å²) >= 11 is 0. The lowest BCUT2D eigenvalue weighted by atomic mass is 10.2. The number of likely N-dealkylation sites (N-methyl/N-ethyl adjacent to an activating group) is 1. The number of carbonyl (C=O) groups excluding carboxylic acids is 1. The SMILES string of the molecule is CCCN(CCC)c1ccc(C(=O)N(C)CCc2ccncc2)nn1. The lowest BCUT2D eigenvalue weighted by Crippen LogP contribution is -2.30. The maximum atomic E-state index is 12.5. The van der Waals surface area contributed by atoms with Crippen molar-refractivity contribution in [3.63, 3.8) is 0 Å². The fourth-order valence-electron chi connectivity index (χ4n) is 2.63. The zero-order valence-corrected chi connectivity index (χ0v) is 15.4. The standard InChI is InChI=1S/C19H27N5O/c1-4-13-24(14-5-2)18-7-6-17(21-22-18)19(25)23(3)15-10-16-8-11-20-12-9-16/h6-9,11-12H,4-5,10,13-15H2,1-3H3. The van der Waals surface area contributed by atoms with Gasteiger partial charge in [-0.05, 0) is 49.1 Å². The normalized spacial score (nSPS) is 10.5. The molecule has 2 heterocycles. The molecule has 6 heteroatoms. The fourth-order valence-corrected chi connectivity index (χ4v) is 2.63. The molecule has 1 amide bonds. The summed E-state index contributed by atoms with van der Waals surface area (Å²) in [6.45, 7) is 6.81. The van der Waals surface area contributed by atoms with Crippen molar-refractivity contribution in [2.24, 2.45) is 0 Å². The first-order valence-electron chi connectivity index (χ1n) is 8.88. The van der Waals surface area contributed by atoms with Crippen LogP contribution in [0.25, 0.3) is 0 Å². The van der Waals surface area contributed by atoms with E-state index in [4.69, 9.17) is 0 Å². The molecule has 25 heavy (non-hydrogen) atoms. The van der Waals surface area contributed by atoms with Crippen LogP contribution in [0.15, 0.2) is 36.7 Å². The third-order valence-electron chi connectivity index (χ3n) is 4.01. The second-order valence-electron chi connectivity index (χ2n) is 6.10. The van der Waals surface area contributed by atoms with Crippen molar-refractivity contribution in [1.29, 1.82) is 0 Å². The Morgan fingerprint density at radius 1 is 0.960 bits per heavy atom. The van der Waals surface area contributed by atoms with Gasteiger partial charge in [0.25, 0.3) is 5.91 Å². The van der Waals surface area contributed by atoms with Crippen LogP contribution in [0.2, 0.25) is 0 Å². The number of carbonyl (C=O) groups is 1. The molecule has 134 valence electrons. The van der Waals surface area contributed by atoms with Gasteiger partial charge >= 0.3 is 0 Å². The van der Waals surface area contributed by atoms with Crippen molar-refractivity contribution >= 4 is 11.7 Å². The van der Waals surface area contributed by atoms with Crippen LogP contribution in [0.1, 0.15) is 42.7 Å². The van der Waals surface area contributed by atoms with Gasteiger partial charge in [0.2, 0.25) is 0 Å². The molecule has 0 bridgehead atoms. The molecule has 0 aromatic carbocycles. The third-order valence-corrected chi connectivity index (χ3v) is 4.01. The van der Waals surface area contributed by atoms with Gasteiger partial charge in [0.05, 0.1) is 0 Å². The highest BCUT2D eigenvalue weighted by atomic mass is 16.2. The van der Waals surface area contributed by atoms with Crippen molar-refractivity contribution in [3.05, 3.63) is 47.9 Å². The van der Waals surface area contributed by atoms with Crippen LogP contribution >= 0.6 is 0 Å². The first-order valence-corrected chi connectivity index (χ1v) is 8.88. The van der Waals surface area contributed by atoms with Crippen LogP contribution in [-0.2, 0) is 6.42 Å². The molecule has 0 atom stereocenters. The van der Waals surface area contributed by atoms with Crippen molar-refractivity contribution in [2.45, 2.75) is 33.1 Å². The van der Waals surface area contributed by atoms with Gasteiger partial charge in [-0.15, -0.1) is 10.2 Å². The zero-order chi connectivity index (χ0) is 18.1. The minimum atomic E-state index is -0.106. The van der Waals surface area contributed by atoms with E-state index in [9.17, 15) is 4.79 Å². The molecule has 0 saturated carbocycles. The number of hydrogen-bond donors (Lipinski definition) is 0. The number of nitrogens with zero attached hydrogens (tertiary/aromatic N) is 5. The number of aromatic nitrogens is 3. The van der Waals surface area contributed by atoms with Crippen molar-refractivity contribution < 1.29 is 4.79 Å². The summed E-state index contributed by atoms with van der Waals surface area (Å²) in [5, 5.41) is 8.41. The van der Waals surface area contributed by atoms with Gasteiger partial charge in [-0.25, -0.2) is 0 Å². The quantitative estimate of drug-likeness (QED) is 0.702. The van der Waals surface area contributed by atoms with E-state index in [0.29, 0.717) is 12.2 Å². The molecule has 0 unspecified atom stereocenters. The smallest absolute Gasteiger partial charge is 0.274 e.